The van der Waals surface area contributed by atoms with E-state index >= 15 is 0 Å². The Morgan fingerprint density at radius 2 is 2.45 bits per heavy atom. The minimum atomic E-state index is 0.791. The number of nitrogens with one attached hydrogen (secondary N) is 1. The van der Waals surface area contributed by atoms with E-state index in [0.717, 1.165) is 12.5 Å². The van der Waals surface area contributed by atoms with E-state index in [0.29, 0.717) is 0 Å². The van der Waals surface area contributed by atoms with Crippen LogP contribution in [0.4, 0.5) is 0 Å². The molecule has 0 bridgehead atoms. The van der Waals surface area contributed by atoms with E-state index < -0.39 is 0 Å². The van der Waals surface area contributed by atoms with Crippen molar-refractivity contribution in [1.82, 2.24) is 10.5 Å². The number of fused-ring (bicyclic) bond motifs is 1. The number of hydrogen-bond donors (Lipinski definition) is 2. The Morgan fingerprint density at radius 3 is 3.27 bits per heavy atom. The first-order valence-corrected chi connectivity index (χ1v) is 4.35. The Balaban J connectivity index is 2.13. The Bertz CT molecular complexity index is 176. The fourth-order valence-corrected chi connectivity index (χ4v) is 2.10. The van der Waals surface area contributed by atoms with Crippen LogP contribution >= 0.6 is 0 Å². The quantitative estimate of drug-likeness (QED) is 0.431. The Morgan fingerprint density at radius 1 is 1.55 bits per heavy atom. The third-order valence-corrected chi connectivity index (χ3v) is 2.70. The summed E-state index contributed by atoms with van der Waals surface area (Å²) < 4.78 is 0. The van der Waals surface area contributed by atoms with Crippen molar-refractivity contribution in [1.29, 1.82) is 0 Å². The minimum Gasteiger partial charge on any atom is -0.299 e. The maximum Gasteiger partial charge on any atom is 0.0360 e. The van der Waals surface area contributed by atoms with E-state index in [4.69, 9.17) is 5.84 Å². The monoisotopic (exact) mass is 153 g/mol. The molecule has 1 atom stereocenters. The first-order chi connectivity index (χ1) is 5.42. The summed E-state index contributed by atoms with van der Waals surface area (Å²) in [5.41, 5.74) is 4.16. The molecule has 3 N–H and O–H groups in total. The fourth-order valence-electron chi connectivity index (χ4n) is 2.10. The Hall–Kier alpha value is -0.540. The SMILES string of the molecule is NNN1CCC2CCCC=C21. The van der Waals surface area contributed by atoms with Crippen LogP contribution in [0.15, 0.2) is 11.8 Å². The molecule has 11 heavy (non-hydrogen) atoms. The fraction of sp³-hybridized carbons (Fsp3) is 0.750. The molecule has 2 rings (SSSR count). The van der Waals surface area contributed by atoms with Crippen LogP contribution in [-0.2, 0) is 0 Å². The lowest BCUT2D eigenvalue weighted by molar-refractivity contribution is 0.278. The summed E-state index contributed by atoms with van der Waals surface area (Å²) in [6.45, 7) is 1.08. The Kier molecular flexibility index (Phi) is 1.84. The van der Waals surface area contributed by atoms with Crippen molar-refractivity contribution in [2.75, 3.05) is 6.54 Å². The zero-order chi connectivity index (χ0) is 7.68. The van der Waals surface area contributed by atoms with E-state index in [2.05, 4.69) is 16.6 Å². The van der Waals surface area contributed by atoms with Gasteiger partial charge in [-0.2, -0.15) is 5.53 Å². The summed E-state index contributed by atoms with van der Waals surface area (Å²) in [4.78, 5) is 0. The summed E-state index contributed by atoms with van der Waals surface area (Å²) in [5, 5.41) is 2.07. The van der Waals surface area contributed by atoms with E-state index in [1.807, 2.05) is 0 Å². The van der Waals surface area contributed by atoms with Crippen molar-refractivity contribution in [2.45, 2.75) is 25.7 Å². The zero-order valence-electron chi connectivity index (χ0n) is 6.71. The van der Waals surface area contributed by atoms with Gasteiger partial charge in [0.05, 0.1) is 0 Å². The van der Waals surface area contributed by atoms with Crippen molar-refractivity contribution < 1.29 is 0 Å². The molecule has 1 fully saturated rings. The predicted molar refractivity (Wildman–Crippen MR) is 44.1 cm³/mol. The molecule has 1 aliphatic heterocycles. The van der Waals surface area contributed by atoms with Crippen molar-refractivity contribution in [3.8, 4) is 0 Å². The van der Waals surface area contributed by atoms with Gasteiger partial charge in [0, 0.05) is 18.2 Å². The molecule has 3 nitrogen and oxygen atoms in total. The highest BCUT2D eigenvalue weighted by atomic mass is 15.6. The van der Waals surface area contributed by atoms with Gasteiger partial charge >= 0.3 is 0 Å². The maximum absolute atomic E-state index is 5.38. The van der Waals surface area contributed by atoms with Gasteiger partial charge in [-0.15, -0.1) is 0 Å². The van der Waals surface area contributed by atoms with Crippen LogP contribution in [0, 0.1) is 5.92 Å². The summed E-state index contributed by atoms with van der Waals surface area (Å²) in [6, 6.07) is 0. The summed E-state index contributed by atoms with van der Waals surface area (Å²) >= 11 is 0. The molecular formula is C8H15N3. The molecular weight excluding hydrogens is 138 g/mol. The van der Waals surface area contributed by atoms with Gasteiger partial charge in [-0.05, 0) is 25.7 Å². The molecule has 0 aromatic rings. The van der Waals surface area contributed by atoms with Crippen LogP contribution in [0.3, 0.4) is 0 Å². The highest BCUT2D eigenvalue weighted by Crippen LogP contribution is 2.34. The van der Waals surface area contributed by atoms with Crippen LogP contribution in [0.5, 0.6) is 0 Å². The smallest absolute Gasteiger partial charge is 0.0360 e. The van der Waals surface area contributed by atoms with Gasteiger partial charge in [0.1, 0.15) is 0 Å². The van der Waals surface area contributed by atoms with Crippen molar-refractivity contribution in [3.05, 3.63) is 11.8 Å². The molecule has 1 saturated heterocycles. The van der Waals surface area contributed by atoms with Gasteiger partial charge in [-0.25, -0.2) is 0 Å². The van der Waals surface area contributed by atoms with E-state index in [9.17, 15) is 0 Å². The molecule has 0 radical (unpaired) electrons. The summed E-state index contributed by atoms with van der Waals surface area (Å²) in [5.74, 6) is 6.17. The van der Waals surface area contributed by atoms with Gasteiger partial charge in [0.15, 0.2) is 0 Å². The standard InChI is InChI=1S/C8H15N3/c9-10-11-6-5-7-3-1-2-4-8(7)11/h4,7,10H,1-3,5-6,9H2. The molecule has 3 heteroatoms. The van der Waals surface area contributed by atoms with Crippen molar-refractivity contribution >= 4 is 0 Å². The number of nitrogens with two attached hydrogens (primary N) is 1. The average Bonchev–Trinajstić information content (AvgIpc) is 2.47. The predicted octanol–water partition coefficient (Wildman–Crippen LogP) is 0.754. The molecule has 0 saturated carbocycles. The maximum atomic E-state index is 5.38. The third kappa shape index (κ3) is 1.14. The van der Waals surface area contributed by atoms with Gasteiger partial charge in [-0.3, -0.25) is 10.9 Å². The number of rotatable bonds is 1. The molecule has 2 aliphatic rings. The second kappa shape index (κ2) is 2.83. The lowest BCUT2D eigenvalue weighted by Crippen LogP contribution is -2.40. The number of hydrazine groups is 2. The van der Waals surface area contributed by atoms with Crippen molar-refractivity contribution in [3.63, 3.8) is 0 Å². The molecule has 62 valence electrons. The second-order valence-electron chi connectivity index (χ2n) is 3.33. The molecule has 1 unspecified atom stereocenters. The highest BCUT2D eigenvalue weighted by Gasteiger charge is 2.28. The molecule has 0 spiro atoms. The molecule has 0 aromatic heterocycles. The topological polar surface area (TPSA) is 41.3 Å². The largest absolute Gasteiger partial charge is 0.299 e. The van der Waals surface area contributed by atoms with Crippen LogP contribution in [0.1, 0.15) is 25.7 Å². The van der Waals surface area contributed by atoms with Gasteiger partial charge in [0.2, 0.25) is 0 Å². The lowest BCUT2D eigenvalue weighted by Gasteiger charge is -2.23. The first kappa shape index (κ1) is 7.13. The van der Waals surface area contributed by atoms with Gasteiger partial charge in [-0.1, -0.05) is 6.08 Å². The normalized spacial score (nSPS) is 30.1. The van der Waals surface area contributed by atoms with Gasteiger partial charge in [0.25, 0.3) is 0 Å². The minimum absolute atomic E-state index is 0.791. The number of nitrogens with zero attached hydrogens (tertiary/aromatic N) is 1. The second-order valence-corrected chi connectivity index (χ2v) is 3.33. The highest BCUT2D eigenvalue weighted by molar-refractivity contribution is 5.12. The van der Waals surface area contributed by atoms with Gasteiger partial charge < -0.3 is 0 Å². The molecule has 1 heterocycles. The first-order valence-electron chi connectivity index (χ1n) is 4.35. The summed E-state index contributed by atoms with van der Waals surface area (Å²) in [6.07, 6.45) is 7.53. The van der Waals surface area contributed by atoms with Crippen LogP contribution in [0.2, 0.25) is 0 Å². The number of allylic oxidation sites excluding steroid dienone is 2. The van der Waals surface area contributed by atoms with E-state index in [1.165, 1.54) is 31.4 Å². The zero-order valence-corrected chi connectivity index (χ0v) is 6.71. The average molecular weight is 153 g/mol. The lowest BCUT2D eigenvalue weighted by atomic mass is 9.93. The van der Waals surface area contributed by atoms with Crippen LogP contribution < -0.4 is 11.4 Å². The van der Waals surface area contributed by atoms with Crippen LogP contribution in [0.25, 0.3) is 0 Å². The summed E-state index contributed by atoms with van der Waals surface area (Å²) in [7, 11) is 0. The Labute approximate surface area is 67.2 Å². The van der Waals surface area contributed by atoms with Crippen LogP contribution in [-0.4, -0.2) is 11.6 Å². The van der Waals surface area contributed by atoms with Crippen molar-refractivity contribution in [2.24, 2.45) is 11.8 Å². The molecule has 0 aromatic carbocycles. The molecule has 1 aliphatic carbocycles. The number of hydrogen-bond acceptors (Lipinski definition) is 3. The van der Waals surface area contributed by atoms with E-state index in [1.54, 1.807) is 0 Å². The molecule has 0 amide bonds. The third-order valence-electron chi connectivity index (χ3n) is 2.70. The van der Waals surface area contributed by atoms with E-state index in [-0.39, 0.29) is 0 Å².